The van der Waals surface area contributed by atoms with Crippen LogP contribution in [0.1, 0.15) is 162 Å². The van der Waals surface area contributed by atoms with Crippen LogP contribution < -0.4 is 0 Å². The largest absolute Gasteiger partial charge is 0.219 e. The average molecular weight is 763 g/mol. The van der Waals surface area contributed by atoms with Gasteiger partial charge in [-0.3, -0.25) is 0 Å². The van der Waals surface area contributed by atoms with Crippen molar-refractivity contribution in [3.8, 4) is 0 Å². The molecule has 4 aromatic carbocycles. The van der Waals surface area contributed by atoms with E-state index in [0.29, 0.717) is 0 Å². The first-order chi connectivity index (χ1) is 26.3. The Morgan fingerprint density at radius 1 is 0.474 bits per heavy atom. The Balaban J connectivity index is 1.77. The summed E-state index contributed by atoms with van der Waals surface area (Å²) in [5, 5.41) is 0. The van der Waals surface area contributed by atoms with Crippen LogP contribution in [0.4, 0.5) is 0 Å². The van der Waals surface area contributed by atoms with Crippen molar-refractivity contribution in [3.05, 3.63) is 170 Å². The first-order valence-corrected chi connectivity index (χ1v) is 21.3. The van der Waals surface area contributed by atoms with E-state index < -0.39 is 11.2 Å². The molecule has 0 saturated carbocycles. The zero-order valence-electron chi connectivity index (χ0n) is 38.3. The second-order valence-corrected chi connectivity index (χ2v) is 21.6. The fourth-order valence-electron chi connectivity index (χ4n) is 8.82. The van der Waals surface area contributed by atoms with E-state index in [4.69, 9.17) is 9.78 Å². The quantitative estimate of drug-likeness (QED) is 0.182. The number of allylic oxidation sites excluding steroid dienone is 3. The Bertz CT molecular complexity index is 2060. The molecule has 302 valence electrons. The van der Waals surface area contributed by atoms with E-state index in [0.717, 1.165) is 16.7 Å². The molecule has 1 aliphatic carbocycles. The van der Waals surface area contributed by atoms with Crippen molar-refractivity contribution in [2.45, 2.75) is 151 Å². The third kappa shape index (κ3) is 7.70. The molecule has 57 heavy (non-hydrogen) atoms. The fourth-order valence-corrected chi connectivity index (χ4v) is 8.82. The van der Waals surface area contributed by atoms with Gasteiger partial charge in [-0.1, -0.05) is 208 Å². The lowest BCUT2D eigenvalue weighted by atomic mass is 9.62. The van der Waals surface area contributed by atoms with Crippen LogP contribution in [0.25, 0.3) is 5.57 Å². The minimum Gasteiger partial charge on any atom is -0.219 e. The zero-order chi connectivity index (χ0) is 42.1. The number of hydrogen-bond acceptors (Lipinski definition) is 2. The summed E-state index contributed by atoms with van der Waals surface area (Å²) >= 11 is 0. The summed E-state index contributed by atoms with van der Waals surface area (Å²) in [6.07, 6.45) is 2.43. The van der Waals surface area contributed by atoms with Gasteiger partial charge in [-0.15, -0.1) is 0 Å². The summed E-state index contributed by atoms with van der Waals surface area (Å²) in [5.74, 6) is 0.309. The van der Waals surface area contributed by atoms with E-state index in [-0.39, 0.29) is 33.5 Å². The van der Waals surface area contributed by atoms with Crippen molar-refractivity contribution in [3.63, 3.8) is 0 Å². The molecule has 0 N–H and O–H groups in total. The molecule has 1 unspecified atom stereocenters. The molecule has 6 rings (SSSR count). The average Bonchev–Trinajstić information content (AvgIpc) is 3.49. The monoisotopic (exact) mass is 763 g/mol. The molecule has 1 atom stereocenters. The van der Waals surface area contributed by atoms with Gasteiger partial charge < -0.3 is 0 Å². The molecule has 2 aliphatic rings. The van der Waals surface area contributed by atoms with Gasteiger partial charge in [0, 0.05) is 5.57 Å². The highest BCUT2D eigenvalue weighted by atomic mass is 17.2. The molecule has 0 amide bonds. The lowest BCUT2D eigenvalue weighted by Gasteiger charge is -2.41. The Hall–Kier alpha value is -3.98. The summed E-state index contributed by atoms with van der Waals surface area (Å²) in [6, 6.07) is 36.9. The van der Waals surface area contributed by atoms with Gasteiger partial charge in [-0.05, 0) is 113 Å². The number of benzene rings is 4. The summed E-state index contributed by atoms with van der Waals surface area (Å²) in [6.45, 7) is 38.9. The Morgan fingerprint density at radius 2 is 0.807 bits per heavy atom. The SMILES string of the molecule is CC1=C2C(c3ccc(C(C)(C)C)cc3)(c3ccc(C(C)(C)C)cc3)OOC2(C(C)C)C=C(C(C)C)C1=C(c1ccc(C(C)(C)C)cc1)c1ccc(C(C)(C)C)cc1. The van der Waals surface area contributed by atoms with E-state index in [9.17, 15) is 0 Å². The standard InChI is InChI=1S/C55H70O2/c1-35(2)46-34-54(36(3)4)49(55(57-56-54,44-30-26-42(27-31-44)52(12,13)14)45-32-28-43(29-33-45)53(15,16)17)37(5)47(46)48(38-18-22-40(23-19-38)50(6,7)8)39-20-24-41(25-21-39)51(9,10)11/h18-36H,1-17H3. The predicted molar refractivity (Wildman–Crippen MR) is 243 cm³/mol. The summed E-state index contributed by atoms with van der Waals surface area (Å²) < 4.78 is 0. The normalized spacial score (nSPS) is 19.0. The lowest BCUT2D eigenvalue weighted by Crippen LogP contribution is -2.42. The van der Waals surface area contributed by atoms with Gasteiger partial charge in [0.1, 0.15) is 5.60 Å². The minimum atomic E-state index is -0.997. The molecule has 0 spiro atoms. The van der Waals surface area contributed by atoms with Gasteiger partial charge in [0.25, 0.3) is 0 Å². The topological polar surface area (TPSA) is 18.5 Å². The van der Waals surface area contributed by atoms with Crippen molar-refractivity contribution in [1.82, 2.24) is 0 Å². The summed E-state index contributed by atoms with van der Waals surface area (Å²) in [4.78, 5) is 14.1. The van der Waals surface area contributed by atoms with Gasteiger partial charge in [0.2, 0.25) is 0 Å². The molecular weight excluding hydrogens is 693 g/mol. The summed E-state index contributed by atoms with van der Waals surface area (Å²) in [7, 11) is 0. The van der Waals surface area contributed by atoms with E-state index >= 15 is 0 Å². The van der Waals surface area contributed by atoms with Crippen LogP contribution in [0.2, 0.25) is 0 Å². The van der Waals surface area contributed by atoms with Crippen LogP contribution in [-0.4, -0.2) is 5.60 Å². The van der Waals surface area contributed by atoms with Crippen molar-refractivity contribution < 1.29 is 9.78 Å². The second-order valence-electron chi connectivity index (χ2n) is 21.6. The molecule has 2 heteroatoms. The van der Waals surface area contributed by atoms with Gasteiger partial charge in [-0.25, -0.2) is 9.78 Å². The summed E-state index contributed by atoms with van der Waals surface area (Å²) in [5.41, 5.74) is 14.3. The predicted octanol–water partition coefficient (Wildman–Crippen LogP) is 14.9. The maximum Gasteiger partial charge on any atom is 0.178 e. The molecule has 4 aromatic rings. The van der Waals surface area contributed by atoms with E-state index in [1.807, 2.05) is 0 Å². The highest BCUT2D eigenvalue weighted by molar-refractivity contribution is 5.89. The van der Waals surface area contributed by atoms with Crippen LogP contribution >= 0.6 is 0 Å². The van der Waals surface area contributed by atoms with Crippen molar-refractivity contribution in [1.29, 1.82) is 0 Å². The Kier molecular flexibility index (Phi) is 11.0. The first-order valence-electron chi connectivity index (χ1n) is 21.3. The van der Waals surface area contributed by atoms with Gasteiger partial charge in [0.05, 0.1) is 0 Å². The number of hydrogen-bond donors (Lipinski definition) is 0. The lowest BCUT2D eigenvalue weighted by molar-refractivity contribution is -0.343. The van der Waals surface area contributed by atoms with Gasteiger partial charge >= 0.3 is 0 Å². The molecule has 1 aliphatic heterocycles. The number of fused-ring (bicyclic) bond motifs is 1. The third-order valence-electron chi connectivity index (χ3n) is 12.6. The van der Waals surface area contributed by atoms with E-state index in [1.165, 1.54) is 55.7 Å². The molecule has 0 radical (unpaired) electrons. The third-order valence-corrected chi connectivity index (χ3v) is 12.6. The van der Waals surface area contributed by atoms with Crippen LogP contribution in [-0.2, 0) is 37.0 Å². The maximum absolute atomic E-state index is 7.09. The smallest absolute Gasteiger partial charge is 0.178 e. The van der Waals surface area contributed by atoms with Gasteiger partial charge in [0.15, 0.2) is 5.60 Å². The second kappa shape index (κ2) is 14.7. The molecule has 0 aromatic heterocycles. The van der Waals surface area contributed by atoms with Crippen LogP contribution in [0.5, 0.6) is 0 Å². The van der Waals surface area contributed by atoms with Gasteiger partial charge in [-0.2, -0.15) is 0 Å². The Morgan fingerprint density at radius 3 is 1.11 bits per heavy atom. The fraction of sp³-hybridized carbons (Fsp3) is 0.455. The minimum absolute atomic E-state index is 0.0135. The van der Waals surface area contributed by atoms with E-state index in [2.05, 4.69) is 221 Å². The van der Waals surface area contributed by atoms with Crippen molar-refractivity contribution >= 4 is 5.57 Å². The van der Waals surface area contributed by atoms with Crippen LogP contribution in [0.3, 0.4) is 0 Å². The zero-order valence-corrected chi connectivity index (χ0v) is 38.3. The molecular formula is C55H70O2. The highest BCUT2D eigenvalue weighted by Crippen LogP contribution is 2.61. The van der Waals surface area contributed by atoms with Crippen LogP contribution in [0.15, 0.2) is 125 Å². The number of rotatable bonds is 6. The molecule has 1 saturated heterocycles. The molecule has 0 bridgehead atoms. The van der Waals surface area contributed by atoms with Crippen molar-refractivity contribution in [2.24, 2.45) is 11.8 Å². The maximum atomic E-state index is 7.09. The van der Waals surface area contributed by atoms with Crippen molar-refractivity contribution in [2.75, 3.05) is 0 Å². The Labute approximate surface area is 346 Å². The highest BCUT2D eigenvalue weighted by Gasteiger charge is 2.61. The molecule has 2 nitrogen and oxygen atoms in total. The first kappa shape index (κ1) is 42.6. The molecule has 1 fully saturated rings. The molecule has 1 heterocycles. The van der Waals surface area contributed by atoms with E-state index in [1.54, 1.807) is 0 Å². The van der Waals surface area contributed by atoms with Crippen LogP contribution in [0, 0.1) is 11.8 Å².